The zero-order valence-corrected chi connectivity index (χ0v) is 10.4. The summed E-state index contributed by atoms with van der Waals surface area (Å²) in [5.74, 6) is 1.65. The van der Waals surface area contributed by atoms with E-state index >= 15 is 0 Å². The number of fused-ring (bicyclic) bond motifs is 1. The van der Waals surface area contributed by atoms with E-state index in [1.54, 1.807) is 18.6 Å². The quantitative estimate of drug-likeness (QED) is 0.522. The number of aromatic nitrogens is 6. The molecule has 3 heterocycles. The second-order valence-corrected chi connectivity index (χ2v) is 3.87. The normalized spacial score (nSPS) is 10.7. The molecule has 0 unspecified atom stereocenters. The van der Waals surface area contributed by atoms with Crippen molar-refractivity contribution < 1.29 is 5.11 Å². The van der Waals surface area contributed by atoms with Gasteiger partial charge in [0.15, 0.2) is 17.3 Å². The van der Waals surface area contributed by atoms with Gasteiger partial charge in [0.2, 0.25) is 5.95 Å². The van der Waals surface area contributed by atoms with Crippen LogP contribution in [0.5, 0.6) is 0 Å². The first-order valence-electron chi connectivity index (χ1n) is 5.95. The first-order chi connectivity index (χ1) is 9.86. The van der Waals surface area contributed by atoms with Gasteiger partial charge < -0.3 is 20.7 Å². The molecule has 0 saturated heterocycles. The van der Waals surface area contributed by atoms with E-state index in [9.17, 15) is 0 Å². The fourth-order valence-corrected chi connectivity index (χ4v) is 1.68. The molecule has 0 aliphatic heterocycles. The van der Waals surface area contributed by atoms with Crippen molar-refractivity contribution in [3.8, 4) is 0 Å². The van der Waals surface area contributed by atoms with Gasteiger partial charge in [0, 0.05) is 18.9 Å². The van der Waals surface area contributed by atoms with Crippen molar-refractivity contribution in [1.82, 2.24) is 29.9 Å². The van der Waals surface area contributed by atoms with E-state index in [4.69, 9.17) is 5.11 Å². The van der Waals surface area contributed by atoms with Gasteiger partial charge in [0.05, 0.1) is 12.8 Å². The summed E-state index contributed by atoms with van der Waals surface area (Å²) in [6, 6.07) is 0. The van der Waals surface area contributed by atoms with Crippen molar-refractivity contribution in [2.24, 2.45) is 0 Å². The molecule has 0 aromatic carbocycles. The van der Waals surface area contributed by atoms with Gasteiger partial charge in [-0.25, -0.2) is 15.0 Å². The fraction of sp³-hybridized carbons (Fsp3) is 0.182. The standard InChI is InChI=1S/C11H12N8O/c20-4-3-14-9-8-10(16-6-15-9)19-11(18-8)17-7-5-12-1-2-13-7/h1-2,5-6,20H,3-4H2,(H3,13,14,15,16,17,18,19). The SMILES string of the molecule is OCCNc1ncnc2nc(Nc3cnccn3)[nH]c12. The number of H-pyrrole nitrogens is 1. The van der Waals surface area contributed by atoms with Gasteiger partial charge in [-0.3, -0.25) is 4.98 Å². The molecule has 0 spiro atoms. The van der Waals surface area contributed by atoms with E-state index in [1.807, 2.05) is 0 Å². The Kier molecular flexibility index (Phi) is 3.33. The molecule has 9 heteroatoms. The van der Waals surface area contributed by atoms with Crippen LogP contribution in [0, 0.1) is 0 Å². The Morgan fingerprint density at radius 3 is 2.95 bits per heavy atom. The summed E-state index contributed by atoms with van der Waals surface area (Å²) in [5, 5.41) is 14.8. The Bertz CT molecular complexity index is 698. The summed E-state index contributed by atoms with van der Waals surface area (Å²) in [6.07, 6.45) is 6.17. The molecular formula is C11H12N8O. The molecule has 0 radical (unpaired) electrons. The zero-order valence-electron chi connectivity index (χ0n) is 10.4. The first kappa shape index (κ1) is 12.2. The lowest BCUT2D eigenvalue weighted by molar-refractivity contribution is 0.311. The molecule has 0 atom stereocenters. The van der Waals surface area contributed by atoms with Gasteiger partial charge in [-0.2, -0.15) is 4.98 Å². The average Bonchev–Trinajstić information content (AvgIpc) is 2.89. The molecule has 9 nitrogen and oxygen atoms in total. The van der Waals surface area contributed by atoms with Crippen LogP contribution in [-0.4, -0.2) is 48.2 Å². The molecule has 0 aliphatic carbocycles. The van der Waals surface area contributed by atoms with Crippen molar-refractivity contribution in [2.45, 2.75) is 0 Å². The first-order valence-corrected chi connectivity index (χ1v) is 5.95. The summed E-state index contributed by atoms with van der Waals surface area (Å²) in [4.78, 5) is 23.6. The predicted octanol–water partition coefficient (Wildman–Crippen LogP) is 0.291. The van der Waals surface area contributed by atoms with Crippen LogP contribution >= 0.6 is 0 Å². The highest BCUT2D eigenvalue weighted by molar-refractivity contribution is 5.84. The predicted molar refractivity (Wildman–Crippen MR) is 72.6 cm³/mol. The van der Waals surface area contributed by atoms with Gasteiger partial charge in [-0.05, 0) is 0 Å². The minimum Gasteiger partial charge on any atom is -0.395 e. The molecule has 0 amide bonds. The summed E-state index contributed by atoms with van der Waals surface area (Å²) in [6.45, 7) is 0.419. The summed E-state index contributed by atoms with van der Waals surface area (Å²) >= 11 is 0. The highest BCUT2D eigenvalue weighted by Crippen LogP contribution is 2.19. The topological polar surface area (TPSA) is 125 Å². The monoisotopic (exact) mass is 272 g/mol. The third-order valence-corrected chi connectivity index (χ3v) is 2.50. The lowest BCUT2D eigenvalue weighted by atomic mass is 10.5. The number of aliphatic hydroxyl groups excluding tert-OH is 1. The second-order valence-electron chi connectivity index (χ2n) is 3.87. The Morgan fingerprint density at radius 2 is 2.15 bits per heavy atom. The van der Waals surface area contributed by atoms with Crippen molar-refractivity contribution in [1.29, 1.82) is 0 Å². The van der Waals surface area contributed by atoms with Crippen LogP contribution in [0.2, 0.25) is 0 Å². The number of hydrogen-bond acceptors (Lipinski definition) is 8. The maximum atomic E-state index is 8.84. The minimum absolute atomic E-state index is 0.0182. The zero-order chi connectivity index (χ0) is 13.8. The molecule has 3 aromatic heterocycles. The number of imidazole rings is 1. The fourth-order valence-electron chi connectivity index (χ4n) is 1.68. The van der Waals surface area contributed by atoms with E-state index < -0.39 is 0 Å². The maximum Gasteiger partial charge on any atom is 0.208 e. The molecule has 0 aliphatic rings. The number of anilines is 3. The average molecular weight is 272 g/mol. The summed E-state index contributed by atoms with van der Waals surface area (Å²) < 4.78 is 0. The van der Waals surface area contributed by atoms with Gasteiger partial charge in [-0.15, -0.1) is 0 Å². The largest absolute Gasteiger partial charge is 0.395 e. The molecular weight excluding hydrogens is 260 g/mol. The molecule has 4 N–H and O–H groups in total. The van der Waals surface area contributed by atoms with Crippen LogP contribution in [0.15, 0.2) is 24.9 Å². The lowest BCUT2D eigenvalue weighted by Gasteiger charge is -2.02. The number of hydrogen-bond donors (Lipinski definition) is 4. The Morgan fingerprint density at radius 1 is 1.20 bits per heavy atom. The minimum atomic E-state index is 0.0182. The lowest BCUT2D eigenvalue weighted by Crippen LogP contribution is -2.07. The second kappa shape index (κ2) is 5.45. The van der Waals surface area contributed by atoms with Gasteiger partial charge >= 0.3 is 0 Å². The van der Waals surface area contributed by atoms with E-state index in [1.165, 1.54) is 6.33 Å². The van der Waals surface area contributed by atoms with E-state index in [0.29, 0.717) is 35.3 Å². The number of nitrogens with zero attached hydrogens (tertiary/aromatic N) is 5. The van der Waals surface area contributed by atoms with Crippen molar-refractivity contribution >= 4 is 28.7 Å². The van der Waals surface area contributed by atoms with Crippen LogP contribution < -0.4 is 10.6 Å². The Hall–Kier alpha value is -2.81. The molecule has 102 valence electrons. The number of rotatable bonds is 5. The number of nitrogens with one attached hydrogen (secondary N) is 3. The molecule has 0 saturated carbocycles. The Balaban J connectivity index is 1.90. The van der Waals surface area contributed by atoms with E-state index in [0.717, 1.165) is 0 Å². The van der Waals surface area contributed by atoms with Crippen molar-refractivity contribution in [3.05, 3.63) is 24.9 Å². The highest BCUT2D eigenvalue weighted by atomic mass is 16.3. The smallest absolute Gasteiger partial charge is 0.208 e. The van der Waals surface area contributed by atoms with Gasteiger partial charge in [-0.1, -0.05) is 0 Å². The summed E-state index contributed by atoms with van der Waals surface area (Å²) in [5.41, 5.74) is 1.18. The van der Waals surface area contributed by atoms with Gasteiger partial charge in [0.25, 0.3) is 0 Å². The highest BCUT2D eigenvalue weighted by Gasteiger charge is 2.09. The third-order valence-electron chi connectivity index (χ3n) is 2.50. The van der Waals surface area contributed by atoms with Crippen LogP contribution in [0.25, 0.3) is 11.2 Å². The van der Waals surface area contributed by atoms with E-state index in [2.05, 4.69) is 40.5 Å². The van der Waals surface area contributed by atoms with Crippen LogP contribution in [0.3, 0.4) is 0 Å². The molecule has 3 rings (SSSR count). The molecule has 0 bridgehead atoms. The van der Waals surface area contributed by atoms with Crippen molar-refractivity contribution in [3.63, 3.8) is 0 Å². The van der Waals surface area contributed by atoms with Crippen LogP contribution in [0.1, 0.15) is 0 Å². The Labute approximate surface area is 113 Å². The van der Waals surface area contributed by atoms with Crippen molar-refractivity contribution in [2.75, 3.05) is 23.8 Å². The molecule has 3 aromatic rings. The molecule has 20 heavy (non-hydrogen) atoms. The van der Waals surface area contributed by atoms with Crippen LogP contribution in [-0.2, 0) is 0 Å². The van der Waals surface area contributed by atoms with E-state index in [-0.39, 0.29) is 6.61 Å². The van der Waals surface area contributed by atoms with Gasteiger partial charge in [0.1, 0.15) is 11.8 Å². The summed E-state index contributed by atoms with van der Waals surface area (Å²) in [7, 11) is 0. The number of aliphatic hydroxyl groups is 1. The number of aromatic amines is 1. The molecule has 0 fully saturated rings. The maximum absolute atomic E-state index is 8.84. The van der Waals surface area contributed by atoms with Crippen LogP contribution in [0.4, 0.5) is 17.6 Å². The third kappa shape index (κ3) is 2.47.